The summed E-state index contributed by atoms with van der Waals surface area (Å²) < 4.78 is 0. The van der Waals surface area contributed by atoms with Gasteiger partial charge in [0.15, 0.2) is 0 Å². The van der Waals surface area contributed by atoms with Crippen molar-refractivity contribution >= 4 is 0 Å². The molecule has 0 aliphatic rings. The van der Waals surface area contributed by atoms with Gasteiger partial charge in [-0.25, -0.2) is 0 Å². The van der Waals surface area contributed by atoms with E-state index in [0.717, 1.165) is 0 Å². The smallest absolute Gasteiger partial charge is 0.312 e. The van der Waals surface area contributed by atoms with Crippen LogP contribution in [0.3, 0.4) is 0 Å². The van der Waals surface area contributed by atoms with Gasteiger partial charge < -0.3 is 5.32 Å². The van der Waals surface area contributed by atoms with Crippen LogP contribution in [-0.4, -0.2) is 12.1 Å². The fraction of sp³-hybridized carbons (Fsp3) is 0.500. The third-order valence-electron chi connectivity index (χ3n) is 1.27. The summed E-state index contributed by atoms with van der Waals surface area (Å²) in [5.74, 6) is 0. The number of rotatable bonds is 2. The van der Waals surface area contributed by atoms with Crippen LogP contribution in [0.2, 0.25) is 0 Å². The zero-order chi connectivity index (χ0) is 10.1. The van der Waals surface area contributed by atoms with Crippen molar-refractivity contribution in [2.75, 3.05) is 0 Å². The van der Waals surface area contributed by atoms with Gasteiger partial charge in [-0.15, -0.1) is 0 Å². The maximum atomic E-state index is 3.31. The molecule has 0 atom stereocenters. The number of benzene rings is 1. The van der Waals surface area contributed by atoms with Gasteiger partial charge in [-0.05, 0) is 0 Å². The van der Waals surface area contributed by atoms with E-state index in [1.807, 2.05) is 30.3 Å². The number of hydrogen-bond donors (Lipinski definition) is 1. The van der Waals surface area contributed by atoms with Gasteiger partial charge in [0, 0.05) is 12.1 Å². The molecule has 0 radical (unpaired) electrons. The molecule has 1 aromatic carbocycles. The molecular weight excluding hydrogens is 165 g/mol. The van der Waals surface area contributed by atoms with Crippen molar-refractivity contribution in [2.24, 2.45) is 0 Å². The quantitative estimate of drug-likeness (QED) is 0.500. The molecule has 0 unspecified atom stereocenters. The summed E-state index contributed by atoms with van der Waals surface area (Å²) in [6.45, 7) is 8.61. The Morgan fingerprint density at radius 3 is 1.36 bits per heavy atom. The fourth-order valence-electron chi connectivity index (χ4n) is 1.01. The molecule has 1 aromatic rings. The van der Waals surface area contributed by atoms with Gasteiger partial charge in [0.05, 0.1) is 0 Å². The van der Waals surface area contributed by atoms with Gasteiger partial charge in [-0.2, -0.15) is 36.4 Å². The SMILES string of the molecule is CC(C)NC(C)C.[Li+].[c-]1ccccc1. The number of hydrogen-bond acceptors (Lipinski definition) is 1. The van der Waals surface area contributed by atoms with Crippen LogP contribution in [0, 0.1) is 6.07 Å². The van der Waals surface area contributed by atoms with Crippen LogP contribution in [-0.2, 0) is 0 Å². The summed E-state index contributed by atoms with van der Waals surface area (Å²) in [4.78, 5) is 0. The molecule has 0 heterocycles. The van der Waals surface area contributed by atoms with Crippen LogP contribution in [0.5, 0.6) is 0 Å². The van der Waals surface area contributed by atoms with E-state index in [1.54, 1.807) is 0 Å². The first-order valence-corrected chi connectivity index (χ1v) is 4.80. The summed E-state index contributed by atoms with van der Waals surface area (Å²) in [6.07, 6.45) is 0. The zero-order valence-electron chi connectivity index (χ0n) is 10.0. The second-order valence-electron chi connectivity index (χ2n) is 3.55. The molecule has 0 aliphatic carbocycles. The van der Waals surface area contributed by atoms with Gasteiger partial charge in [0.25, 0.3) is 0 Å². The number of nitrogens with one attached hydrogen (secondary N) is 1. The van der Waals surface area contributed by atoms with Crippen LogP contribution in [0.4, 0.5) is 0 Å². The summed E-state index contributed by atoms with van der Waals surface area (Å²) in [5, 5.41) is 3.31. The van der Waals surface area contributed by atoms with Crippen LogP contribution in [0.1, 0.15) is 27.7 Å². The van der Waals surface area contributed by atoms with E-state index in [4.69, 9.17) is 0 Å². The van der Waals surface area contributed by atoms with Gasteiger partial charge in [-0.3, -0.25) is 0 Å². The summed E-state index contributed by atoms with van der Waals surface area (Å²) >= 11 is 0. The van der Waals surface area contributed by atoms with Gasteiger partial charge in [0.2, 0.25) is 0 Å². The van der Waals surface area contributed by atoms with Gasteiger partial charge in [-0.1, -0.05) is 27.7 Å². The largest absolute Gasteiger partial charge is 1.00 e. The molecule has 0 spiro atoms. The van der Waals surface area contributed by atoms with E-state index in [-0.39, 0.29) is 18.9 Å². The summed E-state index contributed by atoms with van der Waals surface area (Å²) in [5.41, 5.74) is 0. The Bertz CT molecular complexity index is 152. The van der Waals surface area contributed by atoms with E-state index >= 15 is 0 Å². The molecule has 1 nitrogen and oxygen atoms in total. The Kier molecular flexibility index (Phi) is 12.6. The third-order valence-corrected chi connectivity index (χ3v) is 1.27. The standard InChI is InChI=1S/C6H15N.C6H5.Li/c1-5(2)7-6(3)4;1-2-4-6-5-3-1;/h5-7H,1-4H3;1-5H;/q;-1;+1. The molecule has 0 saturated carbocycles. The molecule has 0 amide bonds. The summed E-state index contributed by atoms with van der Waals surface area (Å²) in [6, 6.07) is 13.8. The molecule has 0 fully saturated rings. The molecule has 0 aliphatic heterocycles. The normalized spacial score (nSPS) is 9.00. The molecule has 1 N–H and O–H groups in total. The third kappa shape index (κ3) is 14.3. The first-order valence-electron chi connectivity index (χ1n) is 4.80. The van der Waals surface area contributed by atoms with Crippen LogP contribution >= 0.6 is 0 Å². The Labute approximate surface area is 100 Å². The Morgan fingerprint density at radius 1 is 0.857 bits per heavy atom. The molecule has 14 heavy (non-hydrogen) atoms. The topological polar surface area (TPSA) is 12.0 Å². The Morgan fingerprint density at radius 2 is 1.29 bits per heavy atom. The minimum Gasteiger partial charge on any atom is -0.312 e. The molecule has 2 heteroatoms. The maximum absolute atomic E-state index is 3.31. The predicted octanol–water partition coefficient (Wildman–Crippen LogP) is -0.116. The van der Waals surface area contributed by atoms with Crippen molar-refractivity contribution in [1.29, 1.82) is 0 Å². The zero-order valence-corrected chi connectivity index (χ0v) is 10.0. The molecule has 0 bridgehead atoms. The van der Waals surface area contributed by atoms with Crippen molar-refractivity contribution in [3.63, 3.8) is 0 Å². The van der Waals surface area contributed by atoms with Gasteiger partial charge >= 0.3 is 18.9 Å². The van der Waals surface area contributed by atoms with Crippen LogP contribution in [0.25, 0.3) is 0 Å². The van der Waals surface area contributed by atoms with Crippen molar-refractivity contribution < 1.29 is 18.9 Å². The van der Waals surface area contributed by atoms with Crippen molar-refractivity contribution in [3.8, 4) is 0 Å². The average molecular weight is 185 g/mol. The van der Waals surface area contributed by atoms with Crippen LogP contribution in [0.15, 0.2) is 30.3 Å². The second-order valence-corrected chi connectivity index (χ2v) is 3.55. The van der Waals surface area contributed by atoms with E-state index < -0.39 is 0 Å². The predicted molar refractivity (Wildman–Crippen MR) is 58.7 cm³/mol. The monoisotopic (exact) mass is 185 g/mol. The van der Waals surface area contributed by atoms with E-state index in [2.05, 4.69) is 39.1 Å². The van der Waals surface area contributed by atoms with Crippen LogP contribution < -0.4 is 24.2 Å². The van der Waals surface area contributed by atoms with Crippen molar-refractivity contribution in [2.45, 2.75) is 39.8 Å². The van der Waals surface area contributed by atoms with Crippen molar-refractivity contribution in [3.05, 3.63) is 36.4 Å². The Balaban J connectivity index is 0. The average Bonchev–Trinajstić information content (AvgIpc) is 2.06. The first-order chi connectivity index (χ1) is 6.13. The van der Waals surface area contributed by atoms with Crippen molar-refractivity contribution in [1.82, 2.24) is 5.32 Å². The minimum atomic E-state index is 0. The second kappa shape index (κ2) is 10.9. The maximum Gasteiger partial charge on any atom is 1.00 e. The first kappa shape index (κ1) is 16.2. The van der Waals surface area contributed by atoms with E-state index in [9.17, 15) is 0 Å². The molecule has 1 rings (SSSR count). The summed E-state index contributed by atoms with van der Waals surface area (Å²) in [7, 11) is 0. The molecule has 0 aromatic heterocycles. The molecular formula is C12H20LiN. The molecule has 0 saturated heterocycles. The minimum absolute atomic E-state index is 0. The molecule has 74 valence electrons. The van der Waals surface area contributed by atoms with Gasteiger partial charge in [0.1, 0.15) is 0 Å². The fourth-order valence-corrected chi connectivity index (χ4v) is 1.01. The van der Waals surface area contributed by atoms with E-state index in [0.29, 0.717) is 12.1 Å². The van der Waals surface area contributed by atoms with E-state index in [1.165, 1.54) is 0 Å². The Hall–Kier alpha value is -0.223.